The maximum Gasteiger partial charge on any atom is 0.165 e. The van der Waals surface area contributed by atoms with E-state index in [1.54, 1.807) is 0 Å². The van der Waals surface area contributed by atoms with Crippen LogP contribution in [0.4, 0.5) is 5.82 Å². The van der Waals surface area contributed by atoms with Crippen LogP contribution in [0.2, 0.25) is 0 Å². The van der Waals surface area contributed by atoms with Gasteiger partial charge >= 0.3 is 0 Å². The summed E-state index contributed by atoms with van der Waals surface area (Å²) in [5.74, 6) is 1.75. The minimum atomic E-state index is 0.439. The molecule has 0 aromatic carbocycles. The molecular formula is C13H20N6. The molecular weight excluding hydrogens is 240 g/mol. The van der Waals surface area contributed by atoms with Gasteiger partial charge in [-0.05, 0) is 19.9 Å². The van der Waals surface area contributed by atoms with Gasteiger partial charge in [0, 0.05) is 25.6 Å². The second-order valence-electron chi connectivity index (χ2n) is 4.88. The summed E-state index contributed by atoms with van der Waals surface area (Å²) >= 11 is 0. The molecule has 2 aromatic heterocycles. The molecule has 6 heteroatoms. The lowest BCUT2D eigenvalue weighted by atomic mass is 10.2. The summed E-state index contributed by atoms with van der Waals surface area (Å²) in [6, 6.07) is 0.439. The van der Waals surface area contributed by atoms with Crippen LogP contribution in [-0.4, -0.2) is 38.7 Å². The van der Waals surface area contributed by atoms with Crippen molar-refractivity contribution >= 4 is 17.0 Å². The fourth-order valence-electron chi connectivity index (χ4n) is 2.45. The van der Waals surface area contributed by atoms with Crippen molar-refractivity contribution in [3.05, 3.63) is 12.2 Å². The average Bonchev–Trinajstić information content (AvgIpc) is 3.07. The van der Waals surface area contributed by atoms with Crippen LogP contribution >= 0.6 is 0 Å². The van der Waals surface area contributed by atoms with Crippen molar-refractivity contribution in [2.24, 2.45) is 0 Å². The number of rotatable bonds is 4. The molecule has 0 bridgehead atoms. The Hall–Kier alpha value is -1.69. The molecule has 19 heavy (non-hydrogen) atoms. The molecule has 6 nitrogen and oxygen atoms in total. The molecule has 1 unspecified atom stereocenters. The van der Waals surface area contributed by atoms with Crippen LogP contribution in [-0.2, 0) is 13.0 Å². The summed E-state index contributed by atoms with van der Waals surface area (Å²) in [5.41, 5.74) is 1.81. The highest BCUT2D eigenvalue weighted by Crippen LogP contribution is 2.20. The molecule has 3 rings (SSSR count). The molecule has 1 fully saturated rings. The lowest BCUT2D eigenvalue weighted by Gasteiger charge is -2.13. The van der Waals surface area contributed by atoms with Crippen molar-refractivity contribution in [2.45, 2.75) is 39.3 Å². The van der Waals surface area contributed by atoms with E-state index in [0.717, 1.165) is 55.3 Å². The van der Waals surface area contributed by atoms with Crippen LogP contribution in [0.1, 0.15) is 26.1 Å². The van der Waals surface area contributed by atoms with Gasteiger partial charge < -0.3 is 15.2 Å². The van der Waals surface area contributed by atoms with Crippen molar-refractivity contribution in [3.8, 4) is 0 Å². The fourth-order valence-corrected chi connectivity index (χ4v) is 2.45. The van der Waals surface area contributed by atoms with Gasteiger partial charge in [-0.3, -0.25) is 0 Å². The Kier molecular flexibility index (Phi) is 3.33. The van der Waals surface area contributed by atoms with E-state index < -0.39 is 0 Å². The van der Waals surface area contributed by atoms with E-state index in [9.17, 15) is 0 Å². The second-order valence-corrected chi connectivity index (χ2v) is 4.88. The van der Waals surface area contributed by atoms with Gasteiger partial charge in [-0.1, -0.05) is 6.92 Å². The molecule has 3 heterocycles. The zero-order valence-electron chi connectivity index (χ0n) is 11.5. The molecule has 0 saturated carbocycles. The summed E-state index contributed by atoms with van der Waals surface area (Å²) < 4.78 is 2.06. The van der Waals surface area contributed by atoms with Crippen LogP contribution in [0.3, 0.4) is 0 Å². The standard InChI is InChI=1S/C13H20N6/c1-3-10-17-12(16-9-5-6-14-7-9)11-13(18-10)19(4-2)8-15-11/h8-9,14H,3-7H2,1-2H3,(H,16,17,18). The minimum Gasteiger partial charge on any atom is -0.364 e. The predicted octanol–water partition coefficient (Wildman–Crippen LogP) is 1.18. The Bertz CT molecular complexity index is 570. The van der Waals surface area contributed by atoms with Crippen LogP contribution in [0, 0.1) is 0 Å². The summed E-state index contributed by atoms with van der Waals surface area (Å²) in [6.07, 6.45) is 3.81. The number of anilines is 1. The molecule has 0 amide bonds. The monoisotopic (exact) mass is 260 g/mol. The van der Waals surface area contributed by atoms with E-state index in [1.807, 2.05) is 6.33 Å². The van der Waals surface area contributed by atoms with Gasteiger partial charge in [-0.25, -0.2) is 15.0 Å². The maximum absolute atomic E-state index is 4.60. The van der Waals surface area contributed by atoms with Crippen LogP contribution < -0.4 is 10.6 Å². The molecule has 1 aliphatic heterocycles. The van der Waals surface area contributed by atoms with Crippen LogP contribution in [0.25, 0.3) is 11.2 Å². The summed E-state index contributed by atoms with van der Waals surface area (Å²) in [7, 11) is 0. The summed E-state index contributed by atoms with van der Waals surface area (Å²) in [4.78, 5) is 13.7. The Morgan fingerprint density at radius 2 is 2.32 bits per heavy atom. The summed E-state index contributed by atoms with van der Waals surface area (Å²) in [6.45, 7) is 7.11. The first-order valence-electron chi connectivity index (χ1n) is 7.00. The Morgan fingerprint density at radius 1 is 1.42 bits per heavy atom. The van der Waals surface area contributed by atoms with Gasteiger partial charge in [0.05, 0.1) is 6.33 Å². The second kappa shape index (κ2) is 5.13. The topological polar surface area (TPSA) is 67.7 Å². The Morgan fingerprint density at radius 3 is 3.00 bits per heavy atom. The van der Waals surface area contributed by atoms with Crippen molar-refractivity contribution in [1.82, 2.24) is 24.8 Å². The van der Waals surface area contributed by atoms with Gasteiger partial charge in [0.1, 0.15) is 11.3 Å². The minimum absolute atomic E-state index is 0.439. The van der Waals surface area contributed by atoms with Crippen molar-refractivity contribution in [1.29, 1.82) is 0 Å². The van der Waals surface area contributed by atoms with E-state index in [2.05, 4.69) is 44.0 Å². The van der Waals surface area contributed by atoms with Crippen molar-refractivity contribution < 1.29 is 0 Å². The van der Waals surface area contributed by atoms with Gasteiger partial charge in [0.15, 0.2) is 11.5 Å². The van der Waals surface area contributed by atoms with E-state index in [0.29, 0.717) is 6.04 Å². The Labute approximate surface area is 112 Å². The lowest BCUT2D eigenvalue weighted by molar-refractivity contribution is 0.769. The number of nitrogens with zero attached hydrogens (tertiary/aromatic N) is 4. The molecule has 2 aromatic rings. The molecule has 1 aliphatic rings. The van der Waals surface area contributed by atoms with Gasteiger partial charge in [-0.2, -0.15) is 0 Å². The van der Waals surface area contributed by atoms with E-state index in [4.69, 9.17) is 0 Å². The van der Waals surface area contributed by atoms with Crippen molar-refractivity contribution in [2.75, 3.05) is 18.4 Å². The first-order valence-corrected chi connectivity index (χ1v) is 7.00. The number of imidazole rings is 1. The van der Waals surface area contributed by atoms with E-state index >= 15 is 0 Å². The first kappa shape index (κ1) is 12.3. The zero-order chi connectivity index (χ0) is 13.2. The number of aromatic nitrogens is 4. The third-order valence-electron chi connectivity index (χ3n) is 3.57. The van der Waals surface area contributed by atoms with Crippen molar-refractivity contribution in [3.63, 3.8) is 0 Å². The average molecular weight is 260 g/mol. The SMILES string of the molecule is CCc1nc(NC2CCNC2)c2ncn(CC)c2n1. The molecule has 1 atom stereocenters. The fraction of sp³-hybridized carbons (Fsp3) is 0.615. The number of nitrogens with one attached hydrogen (secondary N) is 2. The number of hydrogen-bond donors (Lipinski definition) is 2. The molecule has 0 radical (unpaired) electrons. The summed E-state index contributed by atoms with van der Waals surface area (Å²) in [5, 5.41) is 6.86. The number of aryl methyl sites for hydroxylation is 2. The highest BCUT2D eigenvalue weighted by atomic mass is 15.2. The molecule has 2 N–H and O–H groups in total. The predicted molar refractivity (Wildman–Crippen MR) is 75.3 cm³/mol. The van der Waals surface area contributed by atoms with E-state index in [1.165, 1.54) is 0 Å². The van der Waals surface area contributed by atoms with Gasteiger partial charge in [-0.15, -0.1) is 0 Å². The number of fused-ring (bicyclic) bond motifs is 1. The Balaban J connectivity index is 2.02. The molecule has 102 valence electrons. The molecule has 0 spiro atoms. The first-order chi connectivity index (χ1) is 9.31. The normalized spacial score (nSPS) is 19.2. The van der Waals surface area contributed by atoms with Gasteiger partial charge in [0.2, 0.25) is 0 Å². The smallest absolute Gasteiger partial charge is 0.165 e. The molecule has 0 aliphatic carbocycles. The lowest BCUT2D eigenvalue weighted by Crippen LogP contribution is -2.23. The van der Waals surface area contributed by atoms with Crippen LogP contribution in [0.5, 0.6) is 0 Å². The van der Waals surface area contributed by atoms with Gasteiger partial charge in [0.25, 0.3) is 0 Å². The quantitative estimate of drug-likeness (QED) is 0.864. The molecule has 1 saturated heterocycles. The highest BCUT2D eigenvalue weighted by molar-refractivity contribution is 5.83. The van der Waals surface area contributed by atoms with E-state index in [-0.39, 0.29) is 0 Å². The third kappa shape index (κ3) is 2.28. The zero-order valence-corrected chi connectivity index (χ0v) is 11.5. The number of hydrogen-bond acceptors (Lipinski definition) is 5. The maximum atomic E-state index is 4.60. The third-order valence-corrected chi connectivity index (χ3v) is 3.57. The highest BCUT2D eigenvalue weighted by Gasteiger charge is 2.18. The largest absolute Gasteiger partial charge is 0.364 e. The van der Waals surface area contributed by atoms with Crippen LogP contribution in [0.15, 0.2) is 6.33 Å².